The fraction of sp³-hybridized carbons (Fsp3) is 0.412. The zero-order valence-electron chi connectivity index (χ0n) is 13.3. The van der Waals surface area contributed by atoms with Crippen molar-refractivity contribution in [3.05, 3.63) is 53.3 Å². The number of hydrogen-bond acceptors (Lipinski definition) is 3. The fourth-order valence-electron chi connectivity index (χ4n) is 2.95. The third kappa shape index (κ3) is 3.92. The van der Waals surface area contributed by atoms with Crippen molar-refractivity contribution in [2.45, 2.75) is 32.4 Å². The second kappa shape index (κ2) is 7.62. The van der Waals surface area contributed by atoms with Crippen LogP contribution >= 0.6 is 12.4 Å². The van der Waals surface area contributed by atoms with E-state index in [1.807, 2.05) is 47.0 Å². The largest absolute Gasteiger partial charge is 0.337 e. The molecule has 0 radical (unpaired) electrons. The van der Waals surface area contributed by atoms with Crippen LogP contribution in [0.5, 0.6) is 0 Å². The lowest BCUT2D eigenvalue weighted by Crippen LogP contribution is -2.40. The van der Waals surface area contributed by atoms with E-state index in [0.29, 0.717) is 6.54 Å². The van der Waals surface area contributed by atoms with Gasteiger partial charge in [-0.05, 0) is 43.0 Å². The van der Waals surface area contributed by atoms with Crippen molar-refractivity contribution in [2.75, 3.05) is 13.1 Å². The highest BCUT2D eigenvalue weighted by Crippen LogP contribution is 2.22. The van der Waals surface area contributed by atoms with Gasteiger partial charge < -0.3 is 10.6 Å². The molecular formula is C17H23ClN4O. The molecule has 2 aromatic rings. The monoisotopic (exact) mass is 334 g/mol. The molecule has 1 saturated heterocycles. The summed E-state index contributed by atoms with van der Waals surface area (Å²) < 4.78 is 1.99. The van der Waals surface area contributed by atoms with E-state index in [1.165, 1.54) is 0 Å². The molecule has 1 aromatic carbocycles. The molecule has 2 N–H and O–H groups in total. The molecule has 3 rings (SSSR count). The first-order valence-electron chi connectivity index (χ1n) is 7.76. The number of piperidine rings is 1. The Morgan fingerprint density at radius 2 is 2.09 bits per heavy atom. The lowest BCUT2D eigenvalue weighted by atomic mass is 10.0. The van der Waals surface area contributed by atoms with Crippen LogP contribution in [0, 0.1) is 6.92 Å². The highest BCUT2D eigenvalue weighted by atomic mass is 35.5. The molecule has 1 unspecified atom stereocenters. The van der Waals surface area contributed by atoms with Gasteiger partial charge in [0.25, 0.3) is 5.91 Å². The first-order chi connectivity index (χ1) is 10.7. The lowest BCUT2D eigenvalue weighted by Gasteiger charge is -2.33. The second-order valence-electron chi connectivity index (χ2n) is 5.95. The van der Waals surface area contributed by atoms with Crippen molar-refractivity contribution in [1.29, 1.82) is 0 Å². The summed E-state index contributed by atoms with van der Waals surface area (Å²) in [4.78, 5) is 14.6. The zero-order chi connectivity index (χ0) is 15.5. The molecule has 1 aromatic heterocycles. The Morgan fingerprint density at radius 1 is 1.35 bits per heavy atom. The molecule has 1 aliphatic rings. The van der Waals surface area contributed by atoms with Gasteiger partial charge in [-0.15, -0.1) is 12.4 Å². The Bertz CT molecular complexity index is 653. The lowest BCUT2D eigenvalue weighted by molar-refractivity contribution is 0.0673. The number of aromatic nitrogens is 2. The van der Waals surface area contributed by atoms with Gasteiger partial charge in [0, 0.05) is 31.4 Å². The highest BCUT2D eigenvalue weighted by Gasteiger charge is 2.25. The number of nitrogens with zero attached hydrogens (tertiary/aromatic N) is 3. The van der Waals surface area contributed by atoms with E-state index in [4.69, 9.17) is 5.73 Å². The predicted octanol–water partition coefficient (Wildman–Crippen LogP) is 2.55. The highest BCUT2D eigenvalue weighted by molar-refractivity contribution is 5.94. The maximum absolute atomic E-state index is 12.6. The van der Waals surface area contributed by atoms with Crippen LogP contribution in [0.4, 0.5) is 0 Å². The van der Waals surface area contributed by atoms with Crippen LogP contribution < -0.4 is 5.73 Å². The van der Waals surface area contributed by atoms with Gasteiger partial charge >= 0.3 is 0 Å². The number of rotatable bonds is 3. The average molecular weight is 335 g/mol. The SMILES string of the molecule is Cc1cnn(C2CCCN(C(=O)c3ccc(CN)cc3)C2)c1.Cl. The van der Waals surface area contributed by atoms with Crippen molar-refractivity contribution in [3.63, 3.8) is 0 Å². The summed E-state index contributed by atoms with van der Waals surface area (Å²) in [5.74, 6) is 0.0946. The standard InChI is InChI=1S/C17H22N4O.ClH/c1-13-10-19-21(11-13)16-3-2-8-20(12-16)17(22)15-6-4-14(9-18)5-7-15;/h4-7,10-11,16H,2-3,8-9,12,18H2,1H3;1H. The summed E-state index contributed by atoms with van der Waals surface area (Å²) >= 11 is 0. The van der Waals surface area contributed by atoms with Crippen molar-refractivity contribution in [3.8, 4) is 0 Å². The van der Waals surface area contributed by atoms with E-state index in [9.17, 15) is 4.79 Å². The summed E-state index contributed by atoms with van der Waals surface area (Å²) in [7, 11) is 0. The van der Waals surface area contributed by atoms with Crippen LogP contribution in [0.2, 0.25) is 0 Å². The molecule has 124 valence electrons. The molecule has 1 aliphatic heterocycles. The minimum Gasteiger partial charge on any atom is -0.337 e. The Labute approximate surface area is 142 Å². The molecule has 1 atom stereocenters. The fourth-order valence-corrected chi connectivity index (χ4v) is 2.95. The van der Waals surface area contributed by atoms with Gasteiger partial charge in [0.15, 0.2) is 0 Å². The van der Waals surface area contributed by atoms with Crippen molar-refractivity contribution in [2.24, 2.45) is 5.73 Å². The number of benzene rings is 1. The number of carbonyl (C=O) groups is 1. The molecule has 0 saturated carbocycles. The van der Waals surface area contributed by atoms with Crippen molar-refractivity contribution in [1.82, 2.24) is 14.7 Å². The van der Waals surface area contributed by atoms with Crippen molar-refractivity contribution >= 4 is 18.3 Å². The predicted molar refractivity (Wildman–Crippen MR) is 92.7 cm³/mol. The van der Waals surface area contributed by atoms with Crippen LogP contribution in [-0.2, 0) is 6.54 Å². The normalized spacial score (nSPS) is 17.7. The Hall–Kier alpha value is -1.85. The summed E-state index contributed by atoms with van der Waals surface area (Å²) in [6, 6.07) is 7.85. The Balaban J connectivity index is 0.00000192. The number of likely N-dealkylation sites (tertiary alicyclic amines) is 1. The van der Waals surface area contributed by atoms with Crippen LogP contribution in [0.25, 0.3) is 0 Å². The van der Waals surface area contributed by atoms with Crippen LogP contribution in [0.3, 0.4) is 0 Å². The molecule has 23 heavy (non-hydrogen) atoms. The van der Waals surface area contributed by atoms with Gasteiger partial charge in [0.2, 0.25) is 0 Å². The number of aryl methyl sites for hydroxylation is 1. The maximum atomic E-state index is 12.6. The topological polar surface area (TPSA) is 64.2 Å². The molecule has 0 aliphatic carbocycles. The van der Waals surface area contributed by atoms with E-state index >= 15 is 0 Å². The molecule has 1 amide bonds. The van der Waals surface area contributed by atoms with Crippen LogP contribution in [0.15, 0.2) is 36.7 Å². The van der Waals surface area contributed by atoms with Gasteiger partial charge in [-0.1, -0.05) is 12.1 Å². The van der Waals surface area contributed by atoms with Crippen molar-refractivity contribution < 1.29 is 4.79 Å². The quantitative estimate of drug-likeness (QED) is 0.938. The average Bonchev–Trinajstić information content (AvgIpc) is 3.01. The summed E-state index contributed by atoms with van der Waals surface area (Å²) in [5.41, 5.74) is 8.52. The molecular weight excluding hydrogens is 312 g/mol. The zero-order valence-corrected chi connectivity index (χ0v) is 14.1. The third-order valence-electron chi connectivity index (χ3n) is 4.23. The van der Waals surface area contributed by atoms with E-state index in [-0.39, 0.29) is 24.4 Å². The van der Waals surface area contributed by atoms with Crippen LogP contribution in [0.1, 0.15) is 40.4 Å². The second-order valence-corrected chi connectivity index (χ2v) is 5.95. The number of nitrogens with two attached hydrogens (primary N) is 1. The Kier molecular flexibility index (Phi) is 5.80. The molecule has 0 bridgehead atoms. The smallest absolute Gasteiger partial charge is 0.253 e. The van der Waals surface area contributed by atoms with Gasteiger partial charge in [-0.3, -0.25) is 9.48 Å². The summed E-state index contributed by atoms with van der Waals surface area (Å²) in [6.45, 7) is 4.07. The molecule has 5 nitrogen and oxygen atoms in total. The first kappa shape index (κ1) is 17.5. The van der Waals surface area contributed by atoms with Gasteiger partial charge in [-0.25, -0.2) is 0 Å². The molecule has 2 heterocycles. The maximum Gasteiger partial charge on any atom is 0.253 e. The minimum absolute atomic E-state index is 0. The number of halogens is 1. The van der Waals surface area contributed by atoms with Gasteiger partial charge in [0.05, 0.1) is 12.2 Å². The van der Waals surface area contributed by atoms with E-state index in [1.54, 1.807) is 0 Å². The van der Waals surface area contributed by atoms with Crippen LogP contribution in [-0.4, -0.2) is 33.7 Å². The molecule has 0 spiro atoms. The van der Waals surface area contributed by atoms with Gasteiger partial charge in [-0.2, -0.15) is 5.10 Å². The number of carbonyl (C=O) groups excluding carboxylic acids is 1. The number of amides is 1. The van der Waals surface area contributed by atoms with E-state index in [0.717, 1.165) is 42.6 Å². The Morgan fingerprint density at radius 3 is 2.70 bits per heavy atom. The third-order valence-corrected chi connectivity index (χ3v) is 4.23. The number of hydrogen-bond donors (Lipinski definition) is 1. The summed E-state index contributed by atoms with van der Waals surface area (Å²) in [5, 5.41) is 4.39. The molecule has 1 fully saturated rings. The minimum atomic E-state index is 0. The molecule has 6 heteroatoms. The first-order valence-corrected chi connectivity index (χ1v) is 7.76. The van der Waals surface area contributed by atoms with Gasteiger partial charge in [0.1, 0.15) is 0 Å². The van der Waals surface area contributed by atoms with E-state index in [2.05, 4.69) is 11.3 Å². The van der Waals surface area contributed by atoms with E-state index < -0.39 is 0 Å². The summed E-state index contributed by atoms with van der Waals surface area (Å²) in [6.07, 6.45) is 5.99.